The molecule has 0 saturated heterocycles. The number of amides is 1. The van der Waals surface area contributed by atoms with Crippen molar-refractivity contribution in [2.75, 3.05) is 5.32 Å². The van der Waals surface area contributed by atoms with Crippen molar-refractivity contribution >= 4 is 11.7 Å². The third-order valence-corrected chi connectivity index (χ3v) is 1.92. The highest BCUT2D eigenvalue weighted by atomic mass is 16.2. The fourth-order valence-corrected chi connectivity index (χ4v) is 1.20. The van der Waals surface area contributed by atoms with Crippen molar-refractivity contribution in [1.29, 1.82) is 0 Å². The molecule has 0 spiro atoms. The van der Waals surface area contributed by atoms with Crippen molar-refractivity contribution in [3.63, 3.8) is 0 Å². The highest BCUT2D eigenvalue weighted by Gasteiger charge is 2.06. The Kier molecular flexibility index (Phi) is 2.77. The van der Waals surface area contributed by atoms with Crippen molar-refractivity contribution in [1.82, 2.24) is 9.97 Å². The standard InChI is InChI=1S/C11H9N3O2/c15-10-6-3-4-8(13-10)11(16)14-9-5-1-2-7-12-9/h1-7H,(H,13,15)(H,12,14,16). The van der Waals surface area contributed by atoms with Gasteiger partial charge in [-0.1, -0.05) is 12.1 Å². The number of nitrogens with zero attached hydrogens (tertiary/aromatic N) is 1. The molecule has 2 N–H and O–H groups in total. The van der Waals surface area contributed by atoms with Crippen molar-refractivity contribution in [2.45, 2.75) is 0 Å². The molecule has 0 aliphatic rings. The highest BCUT2D eigenvalue weighted by molar-refractivity contribution is 6.02. The average molecular weight is 215 g/mol. The number of anilines is 1. The molecule has 0 saturated carbocycles. The van der Waals surface area contributed by atoms with E-state index in [0.717, 1.165) is 0 Å². The van der Waals surface area contributed by atoms with Gasteiger partial charge in [0.15, 0.2) is 0 Å². The van der Waals surface area contributed by atoms with Crippen LogP contribution in [0.2, 0.25) is 0 Å². The van der Waals surface area contributed by atoms with Crippen LogP contribution in [-0.4, -0.2) is 15.9 Å². The van der Waals surface area contributed by atoms with Gasteiger partial charge >= 0.3 is 0 Å². The van der Waals surface area contributed by atoms with Crippen molar-refractivity contribution in [2.24, 2.45) is 0 Å². The third kappa shape index (κ3) is 2.33. The SMILES string of the molecule is O=C(Nc1ccccn1)c1cccc(=O)[nH]1. The largest absolute Gasteiger partial charge is 0.318 e. The van der Waals surface area contributed by atoms with Crippen LogP contribution in [0.1, 0.15) is 10.5 Å². The quantitative estimate of drug-likeness (QED) is 0.785. The van der Waals surface area contributed by atoms with Gasteiger partial charge in [-0.05, 0) is 18.2 Å². The lowest BCUT2D eigenvalue weighted by atomic mass is 10.3. The molecule has 5 nitrogen and oxygen atoms in total. The molecule has 0 aliphatic heterocycles. The summed E-state index contributed by atoms with van der Waals surface area (Å²) in [5.41, 5.74) is -0.105. The zero-order valence-corrected chi connectivity index (χ0v) is 8.31. The van der Waals surface area contributed by atoms with Gasteiger partial charge in [-0.2, -0.15) is 0 Å². The first kappa shape index (κ1) is 10.1. The Morgan fingerprint density at radius 1 is 1.19 bits per heavy atom. The van der Waals surface area contributed by atoms with Crippen molar-refractivity contribution in [3.8, 4) is 0 Å². The number of aromatic amines is 1. The first-order valence-electron chi connectivity index (χ1n) is 4.67. The Labute approximate surface area is 91.2 Å². The topological polar surface area (TPSA) is 74.8 Å². The van der Waals surface area contributed by atoms with Crippen LogP contribution in [0.15, 0.2) is 47.4 Å². The third-order valence-electron chi connectivity index (χ3n) is 1.92. The van der Waals surface area contributed by atoms with E-state index in [4.69, 9.17) is 0 Å². The van der Waals surface area contributed by atoms with E-state index in [9.17, 15) is 9.59 Å². The van der Waals surface area contributed by atoms with Crippen LogP contribution in [0.4, 0.5) is 5.82 Å². The minimum atomic E-state index is -0.392. The van der Waals surface area contributed by atoms with Gasteiger partial charge in [-0.25, -0.2) is 4.98 Å². The number of hydrogen-bond acceptors (Lipinski definition) is 3. The molecule has 5 heteroatoms. The minimum absolute atomic E-state index is 0.207. The minimum Gasteiger partial charge on any atom is -0.318 e. The molecule has 1 amide bonds. The van der Waals surface area contributed by atoms with Gasteiger partial charge in [0.1, 0.15) is 11.5 Å². The number of pyridine rings is 2. The Hall–Kier alpha value is -2.43. The van der Waals surface area contributed by atoms with E-state index in [2.05, 4.69) is 15.3 Å². The first-order chi connectivity index (χ1) is 7.75. The summed E-state index contributed by atoms with van der Waals surface area (Å²) in [5, 5.41) is 2.57. The van der Waals surface area contributed by atoms with E-state index in [1.807, 2.05) is 0 Å². The summed E-state index contributed by atoms with van der Waals surface area (Å²) in [6.07, 6.45) is 1.57. The number of rotatable bonds is 2. The van der Waals surface area contributed by atoms with Crippen LogP contribution in [0, 0.1) is 0 Å². The maximum Gasteiger partial charge on any atom is 0.273 e. The molecular formula is C11H9N3O2. The van der Waals surface area contributed by atoms with Crippen molar-refractivity contribution < 1.29 is 4.79 Å². The Balaban J connectivity index is 2.18. The predicted octanol–water partition coefficient (Wildman–Crippen LogP) is 1.02. The summed E-state index contributed by atoms with van der Waals surface area (Å²) in [6.45, 7) is 0. The first-order valence-corrected chi connectivity index (χ1v) is 4.67. The molecule has 80 valence electrons. The fraction of sp³-hybridized carbons (Fsp3) is 0. The molecule has 0 atom stereocenters. The number of carbonyl (C=O) groups is 1. The van der Waals surface area contributed by atoms with Crippen LogP contribution < -0.4 is 10.9 Å². The number of carbonyl (C=O) groups excluding carboxylic acids is 1. The monoisotopic (exact) mass is 215 g/mol. The summed E-state index contributed by atoms with van der Waals surface area (Å²) in [6, 6.07) is 9.57. The molecule has 16 heavy (non-hydrogen) atoms. The molecule has 0 unspecified atom stereocenters. The lowest BCUT2D eigenvalue weighted by Gasteiger charge is -2.02. The zero-order valence-electron chi connectivity index (χ0n) is 8.31. The van der Waals surface area contributed by atoms with Crippen molar-refractivity contribution in [3.05, 3.63) is 58.6 Å². The smallest absolute Gasteiger partial charge is 0.273 e. The summed E-state index contributed by atoms with van der Waals surface area (Å²) in [5.74, 6) is 0.0496. The summed E-state index contributed by atoms with van der Waals surface area (Å²) >= 11 is 0. The Morgan fingerprint density at radius 3 is 2.75 bits per heavy atom. The Morgan fingerprint density at radius 2 is 2.06 bits per heavy atom. The molecular weight excluding hydrogens is 206 g/mol. The number of H-pyrrole nitrogens is 1. The van der Waals surface area contributed by atoms with E-state index in [1.54, 1.807) is 24.4 Å². The maximum absolute atomic E-state index is 11.6. The lowest BCUT2D eigenvalue weighted by Crippen LogP contribution is -2.18. The number of aromatic nitrogens is 2. The normalized spacial score (nSPS) is 9.75. The molecule has 0 aliphatic carbocycles. The van der Waals surface area contributed by atoms with Gasteiger partial charge in [-0.3, -0.25) is 9.59 Å². The van der Waals surface area contributed by atoms with Crippen LogP contribution in [-0.2, 0) is 0 Å². The van der Waals surface area contributed by atoms with Gasteiger partial charge in [-0.15, -0.1) is 0 Å². The lowest BCUT2D eigenvalue weighted by molar-refractivity contribution is 0.102. The molecule has 2 rings (SSSR count). The summed E-state index contributed by atoms with van der Waals surface area (Å²) in [4.78, 5) is 29.0. The zero-order chi connectivity index (χ0) is 11.4. The second kappa shape index (κ2) is 4.39. The van der Waals surface area contributed by atoms with Gasteiger partial charge in [0.2, 0.25) is 5.56 Å². The van der Waals surface area contributed by atoms with Crippen LogP contribution in [0.3, 0.4) is 0 Å². The Bertz CT molecular complexity index is 548. The van der Waals surface area contributed by atoms with Gasteiger partial charge in [0.25, 0.3) is 5.91 Å². The molecule has 2 aromatic heterocycles. The van der Waals surface area contributed by atoms with E-state index in [1.165, 1.54) is 18.2 Å². The van der Waals surface area contributed by atoms with Gasteiger partial charge in [0, 0.05) is 12.3 Å². The van der Waals surface area contributed by atoms with E-state index < -0.39 is 5.91 Å². The second-order valence-corrected chi connectivity index (χ2v) is 3.10. The molecule has 0 bridgehead atoms. The molecule has 0 radical (unpaired) electrons. The maximum atomic E-state index is 11.6. The highest BCUT2D eigenvalue weighted by Crippen LogP contribution is 2.02. The number of nitrogens with one attached hydrogen (secondary N) is 2. The molecule has 2 heterocycles. The number of hydrogen-bond donors (Lipinski definition) is 2. The van der Waals surface area contributed by atoms with E-state index in [-0.39, 0.29) is 11.3 Å². The average Bonchev–Trinajstić information content (AvgIpc) is 2.30. The second-order valence-electron chi connectivity index (χ2n) is 3.10. The van der Waals surface area contributed by atoms with Crippen LogP contribution in [0.5, 0.6) is 0 Å². The van der Waals surface area contributed by atoms with E-state index >= 15 is 0 Å². The predicted molar refractivity (Wildman–Crippen MR) is 59.3 cm³/mol. The van der Waals surface area contributed by atoms with Crippen LogP contribution >= 0.6 is 0 Å². The van der Waals surface area contributed by atoms with E-state index in [0.29, 0.717) is 5.82 Å². The summed E-state index contributed by atoms with van der Waals surface area (Å²) in [7, 11) is 0. The van der Waals surface area contributed by atoms with Gasteiger partial charge in [0.05, 0.1) is 0 Å². The molecule has 2 aromatic rings. The molecule has 0 aromatic carbocycles. The fourth-order valence-electron chi connectivity index (χ4n) is 1.20. The van der Waals surface area contributed by atoms with Crippen LogP contribution in [0.25, 0.3) is 0 Å². The summed E-state index contributed by atoms with van der Waals surface area (Å²) < 4.78 is 0. The van der Waals surface area contributed by atoms with Gasteiger partial charge < -0.3 is 10.3 Å². The molecule has 0 fully saturated rings.